The quantitative estimate of drug-likeness (QED) is 0.756. The number of fused-ring (bicyclic) bond motifs is 1. The van der Waals surface area contributed by atoms with Crippen molar-refractivity contribution in [2.75, 3.05) is 13.6 Å². The molecule has 0 amide bonds. The predicted octanol–water partition coefficient (Wildman–Crippen LogP) is 2.25. The first-order valence-corrected chi connectivity index (χ1v) is 8.02. The number of pyridine rings is 1. The fraction of sp³-hybridized carbons (Fsp3) is 0.263. The largest absolute Gasteiger partial charge is 0.388 e. The molecule has 3 rings (SSSR count). The summed E-state index contributed by atoms with van der Waals surface area (Å²) in [5, 5.41) is 10.2. The first-order chi connectivity index (χ1) is 11.6. The number of rotatable bonds is 6. The third kappa shape index (κ3) is 3.88. The van der Waals surface area contributed by atoms with E-state index < -0.39 is 6.10 Å². The second-order valence-corrected chi connectivity index (χ2v) is 5.97. The fourth-order valence-electron chi connectivity index (χ4n) is 2.72. The Labute approximate surface area is 140 Å². The van der Waals surface area contributed by atoms with Crippen molar-refractivity contribution >= 4 is 5.65 Å². The fourth-order valence-corrected chi connectivity index (χ4v) is 2.72. The van der Waals surface area contributed by atoms with Crippen LogP contribution >= 0.6 is 0 Å². The van der Waals surface area contributed by atoms with Gasteiger partial charge in [-0.15, -0.1) is 0 Å². The monoisotopic (exact) mass is 323 g/mol. The standard InChI is InChI=1S/C19H21N3O2/c1-21(12-10-17(23)15-7-3-2-4-8-15)14-16-13-19(24)22-11-6-5-9-18(22)20-16/h2-9,11,13,17,23H,10,12,14H2,1H3/t17-/m1/s1. The van der Waals surface area contributed by atoms with Gasteiger partial charge in [-0.2, -0.15) is 0 Å². The highest BCUT2D eigenvalue weighted by Crippen LogP contribution is 2.16. The molecule has 0 saturated carbocycles. The highest BCUT2D eigenvalue weighted by Gasteiger charge is 2.10. The summed E-state index contributed by atoms with van der Waals surface area (Å²) in [6, 6.07) is 16.7. The van der Waals surface area contributed by atoms with Gasteiger partial charge in [0.2, 0.25) is 0 Å². The zero-order valence-corrected chi connectivity index (χ0v) is 13.7. The molecule has 24 heavy (non-hydrogen) atoms. The number of benzene rings is 1. The number of aliphatic hydroxyl groups is 1. The van der Waals surface area contributed by atoms with E-state index in [4.69, 9.17) is 0 Å². The van der Waals surface area contributed by atoms with Gasteiger partial charge < -0.3 is 10.0 Å². The molecule has 0 radical (unpaired) electrons. The normalized spacial score (nSPS) is 12.6. The van der Waals surface area contributed by atoms with Gasteiger partial charge in [0.25, 0.3) is 5.56 Å². The number of hydrogen-bond donors (Lipinski definition) is 1. The molecule has 2 aromatic heterocycles. The van der Waals surface area contributed by atoms with Crippen molar-refractivity contribution in [1.29, 1.82) is 0 Å². The SMILES string of the molecule is CN(CC[C@@H](O)c1ccccc1)Cc1cc(=O)n2ccccc2n1. The molecule has 0 aliphatic rings. The molecule has 1 N–H and O–H groups in total. The Morgan fingerprint density at radius 3 is 2.71 bits per heavy atom. The Kier molecular flexibility index (Phi) is 5.03. The molecule has 124 valence electrons. The van der Waals surface area contributed by atoms with Gasteiger partial charge in [-0.05, 0) is 31.2 Å². The minimum atomic E-state index is -0.483. The van der Waals surface area contributed by atoms with Gasteiger partial charge in [-0.25, -0.2) is 4.98 Å². The Hall–Kier alpha value is -2.50. The maximum Gasteiger partial charge on any atom is 0.258 e. The molecule has 0 aliphatic heterocycles. The Morgan fingerprint density at radius 2 is 1.92 bits per heavy atom. The summed E-state index contributed by atoms with van der Waals surface area (Å²) < 4.78 is 1.53. The Bertz CT molecular complexity index is 861. The summed E-state index contributed by atoms with van der Waals surface area (Å²) in [4.78, 5) is 18.7. The molecule has 0 bridgehead atoms. The average molecular weight is 323 g/mol. The second-order valence-electron chi connectivity index (χ2n) is 5.97. The summed E-state index contributed by atoms with van der Waals surface area (Å²) in [6.45, 7) is 1.29. The van der Waals surface area contributed by atoms with E-state index in [0.29, 0.717) is 25.2 Å². The van der Waals surface area contributed by atoms with Gasteiger partial charge in [-0.1, -0.05) is 36.4 Å². The van der Waals surface area contributed by atoms with Crippen LogP contribution in [-0.2, 0) is 6.54 Å². The van der Waals surface area contributed by atoms with Crippen molar-refractivity contribution in [3.8, 4) is 0 Å². The van der Waals surface area contributed by atoms with E-state index in [1.165, 1.54) is 4.40 Å². The van der Waals surface area contributed by atoms with E-state index in [1.807, 2.05) is 55.6 Å². The van der Waals surface area contributed by atoms with Crippen molar-refractivity contribution < 1.29 is 5.11 Å². The van der Waals surface area contributed by atoms with E-state index in [2.05, 4.69) is 9.88 Å². The van der Waals surface area contributed by atoms with Gasteiger partial charge in [0, 0.05) is 25.4 Å². The van der Waals surface area contributed by atoms with E-state index >= 15 is 0 Å². The second kappa shape index (κ2) is 7.38. The minimum Gasteiger partial charge on any atom is -0.388 e. The predicted molar refractivity (Wildman–Crippen MR) is 93.8 cm³/mol. The molecular formula is C19H21N3O2. The van der Waals surface area contributed by atoms with Crippen molar-refractivity contribution in [3.63, 3.8) is 0 Å². The lowest BCUT2D eigenvalue weighted by Gasteiger charge is -2.19. The number of hydrogen-bond acceptors (Lipinski definition) is 4. The summed E-state index contributed by atoms with van der Waals surface area (Å²) in [7, 11) is 1.96. The highest BCUT2D eigenvalue weighted by atomic mass is 16.3. The molecule has 1 atom stereocenters. The van der Waals surface area contributed by atoms with Gasteiger partial charge in [0.1, 0.15) is 5.65 Å². The van der Waals surface area contributed by atoms with E-state index in [-0.39, 0.29) is 5.56 Å². The lowest BCUT2D eigenvalue weighted by Crippen LogP contribution is -2.24. The summed E-state index contributed by atoms with van der Waals surface area (Å²) in [6.07, 6.45) is 1.87. The lowest BCUT2D eigenvalue weighted by atomic mass is 10.1. The highest BCUT2D eigenvalue weighted by molar-refractivity contribution is 5.37. The van der Waals surface area contributed by atoms with Crippen LogP contribution < -0.4 is 5.56 Å². The van der Waals surface area contributed by atoms with Crippen molar-refractivity contribution in [2.45, 2.75) is 19.1 Å². The Balaban J connectivity index is 1.63. The third-order valence-electron chi connectivity index (χ3n) is 4.02. The van der Waals surface area contributed by atoms with Crippen LogP contribution in [-0.4, -0.2) is 33.0 Å². The molecule has 5 nitrogen and oxygen atoms in total. The van der Waals surface area contributed by atoms with Crippen LogP contribution in [0.1, 0.15) is 23.8 Å². The van der Waals surface area contributed by atoms with Crippen LogP contribution in [0.3, 0.4) is 0 Å². The zero-order valence-electron chi connectivity index (χ0n) is 13.7. The molecule has 0 unspecified atom stereocenters. The van der Waals surface area contributed by atoms with Gasteiger partial charge in [-0.3, -0.25) is 9.20 Å². The van der Waals surface area contributed by atoms with Crippen LogP contribution in [0.25, 0.3) is 5.65 Å². The van der Waals surface area contributed by atoms with Crippen LogP contribution in [0.15, 0.2) is 65.6 Å². The van der Waals surface area contributed by atoms with Crippen LogP contribution in [0.4, 0.5) is 0 Å². The molecule has 0 spiro atoms. The van der Waals surface area contributed by atoms with Crippen molar-refractivity contribution in [1.82, 2.24) is 14.3 Å². The summed E-state index contributed by atoms with van der Waals surface area (Å²) in [5.41, 5.74) is 2.24. The van der Waals surface area contributed by atoms with Crippen molar-refractivity contribution in [2.24, 2.45) is 0 Å². The molecule has 2 heterocycles. The van der Waals surface area contributed by atoms with Gasteiger partial charge in [0.05, 0.1) is 11.8 Å². The number of aromatic nitrogens is 2. The minimum absolute atomic E-state index is 0.0756. The smallest absolute Gasteiger partial charge is 0.258 e. The molecule has 3 aromatic rings. The molecule has 0 aliphatic carbocycles. The molecule has 0 saturated heterocycles. The molecule has 5 heteroatoms. The molecule has 1 aromatic carbocycles. The zero-order chi connectivity index (χ0) is 16.9. The lowest BCUT2D eigenvalue weighted by molar-refractivity contribution is 0.147. The van der Waals surface area contributed by atoms with E-state index in [0.717, 1.165) is 11.3 Å². The number of nitrogens with zero attached hydrogens (tertiary/aromatic N) is 3. The third-order valence-corrected chi connectivity index (χ3v) is 4.02. The van der Waals surface area contributed by atoms with Crippen LogP contribution in [0.2, 0.25) is 0 Å². The van der Waals surface area contributed by atoms with Crippen LogP contribution in [0, 0.1) is 0 Å². The van der Waals surface area contributed by atoms with Crippen LogP contribution in [0.5, 0.6) is 0 Å². The van der Waals surface area contributed by atoms with Crippen molar-refractivity contribution in [3.05, 3.63) is 82.4 Å². The number of aliphatic hydroxyl groups excluding tert-OH is 1. The molecular weight excluding hydrogens is 302 g/mol. The topological polar surface area (TPSA) is 57.8 Å². The first-order valence-electron chi connectivity index (χ1n) is 8.02. The summed E-state index contributed by atoms with van der Waals surface area (Å²) >= 11 is 0. The maximum atomic E-state index is 12.1. The molecule has 0 fully saturated rings. The first kappa shape index (κ1) is 16.4. The van der Waals surface area contributed by atoms with E-state index in [9.17, 15) is 9.90 Å². The van der Waals surface area contributed by atoms with E-state index in [1.54, 1.807) is 12.3 Å². The van der Waals surface area contributed by atoms with Gasteiger partial charge >= 0.3 is 0 Å². The Morgan fingerprint density at radius 1 is 1.17 bits per heavy atom. The average Bonchev–Trinajstić information content (AvgIpc) is 2.60. The summed E-state index contributed by atoms with van der Waals surface area (Å²) in [5.74, 6) is 0. The maximum absolute atomic E-state index is 12.1. The van der Waals surface area contributed by atoms with Gasteiger partial charge in [0.15, 0.2) is 0 Å².